The molecule has 0 unspecified atom stereocenters. The number of aryl methyl sites for hydroxylation is 1. The molecule has 0 radical (unpaired) electrons. The number of carbonyl (C=O) groups is 1. The van der Waals surface area contributed by atoms with Crippen LogP contribution < -0.4 is 16.6 Å². The van der Waals surface area contributed by atoms with Crippen molar-refractivity contribution >= 4 is 23.1 Å². The summed E-state index contributed by atoms with van der Waals surface area (Å²) < 4.78 is 1.49. The molecule has 0 spiro atoms. The van der Waals surface area contributed by atoms with Crippen molar-refractivity contribution in [1.82, 2.24) is 9.78 Å². The molecule has 104 valence electrons. The van der Waals surface area contributed by atoms with Gasteiger partial charge in [0.2, 0.25) is 0 Å². The number of rotatable bonds is 4. The van der Waals surface area contributed by atoms with Crippen LogP contribution in [0.3, 0.4) is 0 Å². The highest BCUT2D eigenvalue weighted by molar-refractivity contribution is 6.04. The van der Waals surface area contributed by atoms with Gasteiger partial charge in [0.1, 0.15) is 11.5 Å². The molecule has 4 N–H and O–H groups in total. The Morgan fingerprint density at radius 2 is 2.20 bits per heavy atom. The minimum atomic E-state index is -0.585. The molecule has 1 aromatic heterocycles. The lowest BCUT2D eigenvalue weighted by molar-refractivity contribution is -0.384. The van der Waals surface area contributed by atoms with E-state index in [1.807, 2.05) is 0 Å². The Bertz CT molecular complexity index is 666. The third kappa shape index (κ3) is 2.57. The highest BCUT2D eigenvalue weighted by Crippen LogP contribution is 2.24. The fourth-order valence-electron chi connectivity index (χ4n) is 1.64. The van der Waals surface area contributed by atoms with Crippen molar-refractivity contribution in [3.05, 3.63) is 46.1 Å². The molecule has 1 heterocycles. The number of nitro groups is 1. The number of aromatic nitrogens is 2. The number of hydrazine groups is 1. The second-order valence-corrected chi connectivity index (χ2v) is 3.93. The Balaban J connectivity index is 2.27. The van der Waals surface area contributed by atoms with Crippen LogP contribution in [0.4, 0.5) is 17.2 Å². The number of nitrogens with one attached hydrogen (secondary N) is 2. The van der Waals surface area contributed by atoms with Gasteiger partial charge in [0.15, 0.2) is 0 Å². The number of carbonyl (C=O) groups excluding carboxylic acids is 1. The standard InChI is InChI=1S/C11H12N6O3/c1-16-10(4-5-13-16)14-11(18)7-2-3-9(17(19)20)8(6-7)15-12/h2-6,15H,12H2,1H3,(H,14,18). The van der Waals surface area contributed by atoms with E-state index in [1.54, 1.807) is 13.1 Å². The zero-order valence-electron chi connectivity index (χ0n) is 10.5. The minimum Gasteiger partial charge on any atom is -0.318 e. The molecular formula is C11H12N6O3. The van der Waals surface area contributed by atoms with E-state index in [2.05, 4.69) is 15.8 Å². The first-order valence-corrected chi connectivity index (χ1v) is 5.57. The number of benzene rings is 1. The number of nitrogens with zero attached hydrogens (tertiary/aromatic N) is 3. The summed E-state index contributed by atoms with van der Waals surface area (Å²) in [7, 11) is 1.68. The molecule has 1 aromatic carbocycles. The molecule has 0 fully saturated rings. The van der Waals surface area contributed by atoms with Crippen molar-refractivity contribution in [3.63, 3.8) is 0 Å². The minimum absolute atomic E-state index is 0.0626. The van der Waals surface area contributed by atoms with Crippen molar-refractivity contribution in [2.24, 2.45) is 12.9 Å². The second-order valence-electron chi connectivity index (χ2n) is 3.93. The molecule has 9 nitrogen and oxygen atoms in total. The van der Waals surface area contributed by atoms with Crippen molar-refractivity contribution in [2.75, 3.05) is 10.7 Å². The number of hydrogen-bond donors (Lipinski definition) is 3. The summed E-state index contributed by atoms with van der Waals surface area (Å²) in [5.74, 6) is 5.31. The smallest absolute Gasteiger partial charge is 0.293 e. The molecule has 0 saturated carbocycles. The molecule has 0 saturated heterocycles. The molecular weight excluding hydrogens is 264 g/mol. The van der Waals surface area contributed by atoms with Gasteiger partial charge in [0.25, 0.3) is 11.6 Å². The first-order valence-electron chi connectivity index (χ1n) is 5.57. The number of nitrogens with two attached hydrogens (primary N) is 1. The van der Waals surface area contributed by atoms with Crippen LogP contribution >= 0.6 is 0 Å². The van der Waals surface area contributed by atoms with E-state index >= 15 is 0 Å². The lowest BCUT2D eigenvalue weighted by atomic mass is 10.1. The molecule has 2 aromatic rings. The lowest BCUT2D eigenvalue weighted by Crippen LogP contribution is -2.16. The van der Waals surface area contributed by atoms with E-state index in [4.69, 9.17) is 5.84 Å². The highest BCUT2D eigenvalue weighted by Gasteiger charge is 2.16. The van der Waals surface area contributed by atoms with Gasteiger partial charge < -0.3 is 10.7 Å². The number of nitrogen functional groups attached to an aromatic ring is 1. The Morgan fingerprint density at radius 1 is 1.45 bits per heavy atom. The number of anilines is 2. The van der Waals surface area contributed by atoms with E-state index in [1.165, 1.54) is 29.1 Å². The molecule has 9 heteroatoms. The van der Waals surface area contributed by atoms with Crippen LogP contribution in [-0.2, 0) is 7.05 Å². The quantitative estimate of drug-likeness (QED) is 0.431. The van der Waals surface area contributed by atoms with Crippen LogP contribution in [0.5, 0.6) is 0 Å². The number of nitro benzene ring substituents is 1. The molecule has 0 aliphatic heterocycles. The first-order chi connectivity index (χ1) is 9.52. The van der Waals surface area contributed by atoms with Gasteiger partial charge in [-0.15, -0.1) is 0 Å². The number of hydrogen-bond acceptors (Lipinski definition) is 6. The van der Waals surface area contributed by atoms with Crippen molar-refractivity contribution in [2.45, 2.75) is 0 Å². The number of amides is 1. The molecule has 2 rings (SSSR count). The Hall–Kier alpha value is -2.94. The monoisotopic (exact) mass is 276 g/mol. The van der Waals surface area contributed by atoms with Gasteiger partial charge in [-0.3, -0.25) is 25.4 Å². The van der Waals surface area contributed by atoms with Crippen molar-refractivity contribution in [3.8, 4) is 0 Å². The summed E-state index contributed by atoms with van der Waals surface area (Å²) >= 11 is 0. The van der Waals surface area contributed by atoms with Crippen LogP contribution in [0.25, 0.3) is 0 Å². The average Bonchev–Trinajstić information content (AvgIpc) is 2.83. The van der Waals surface area contributed by atoms with Gasteiger partial charge >= 0.3 is 0 Å². The van der Waals surface area contributed by atoms with Gasteiger partial charge in [0, 0.05) is 24.7 Å². The molecule has 20 heavy (non-hydrogen) atoms. The maximum absolute atomic E-state index is 12.0. The fraction of sp³-hybridized carbons (Fsp3) is 0.0909. The third-order valence-corrected chi connectivity index (χ3v) is 2.67. The zero-order valence-corrected chi connectivity index (χ0v) is 10.5. The highest BCUT2D eigenvalue weighted by atomic mass is 16.6. The first kappa shape index (κ1) is 13.5. The fourth-order valence-corrected chi connectivity index (χ4v) is 1.64. The summed E-state index contributed by atoms with van der Waals surface area (Å²) in [4.78, 5) is 22.2. The lowest BCUT2D eigenvalue weighted by Gasteiger charge is -2.07. The molecule has 0 aliphatic rings. The van der Waals surface area contributed by atoms with Crippen LogP contribution in [0.1, 0.15) is 10.4 Å². The topological polar surface area (TPSA) is 128 Å². The van der Waals surface area contributed by atoms with Crippen molar-refractivity contribution in [1.29, 1.82) is 0 Å². The van der Waals surface area contributed by atoms with Crippen LogP contribution in [0.15, 0.2) is 30.5 Å². The van der Waals surface area contributed by atoms with Crippen LogP contribution in [0.2, 0.25) is 0 Å². The van der Waals surface area contributed by atoms with Gasteiger partial charge in [-0.1, -0.05) is 0 Å². The molecule has 0 atom stereocenters. The van der Waals surface area contributed by atoms with E-state index in [-0.39, 0.29) is 16.9 Å². The maximum atomic E-state index is 12.0. The normalized spacial score (nSPS) is 10.1. The van der Waals surface area contributed by atoms with E-state index < -0.39 is 10.8 Å². The zero-order chi connectivity index (χ0) is 14.7. The van der Waals surface area contributed by atoms with Crippen LogP contribution in [-0.4, -0.2) is 20.6 Å². The molecule has 0 aliphatic carbocycles. The van der Waals surface area contributed by atoms with Gasteiger partial charge in [-0.2, -0.15) is 5.10 Å². The summed E-state index contributed by atoms with van der Waals surface area (Å²) in [6.07, 6.45) is 1.54. The summed E-state index contributed by atoms with van der Waals surface area (Å²) in [6, 6.07) is 5.51. The predicted octanol–water partition coefficient (Wildman–Crippen LogP) is 0.866. The van der Waals surface area contributed by atoms with Crippen molar-refractivity contribution < 1.29 is 9.72 Å². The van der Waals surface area contributed by atoms with Gasteiger partial charge in [-0.05, 0) is 12.1 Å². The van der Waals surface area contributed by atoms with Gasteiger partial charge in [-0.25, -0.2) is 0 Å². The Labute approximate surface area is 113 Å². The summed E-state index contributed by atoms with van der Waals surface area (Å²) in [5, 5.41) is 17.3. The third-order valence-electron chi connectivity index (χ3n) is 2.67. The van der Waals surface area contributed by atoms with Crippen LogP contribution in [0, 0.1) is 10.1 Å². The second kappa shape index (κ2) is 5.36. The molecule has 1 amide bonds. The van der Waals surface area contributed by atoms with E-state index in [0.717, 1.165) is 0 Å². The largest absolute Gasteiger partial charge is 0.318 e. The van der Waals surface area contributed by atoms with E-state index in [0.29, 0.717) is 5.82 Å². The molecule has 0 bridgehead atoms. The summed E-state index contributed by atoms with van der Waals surface area (Å²) in [5.41, 5.74) is 2.30. The Kier molecular flexibility index (Phi) is 3.62. The Morgan fingerprint density at radius 3 is 2.75 bits per heavy atom. The SMILES string of the molecule is Cn1nccc1NC(=O)c1ccc([N+](=O)[O-])c(NN)c1. The predicted molar refractivity (Wildman–Crippen MR) is 72.1 cm³/mol. The maximum Gasteiger partial charge on any atom is 0.293 e. The van der Waals surface area contributed by atoms with Gasteiger partial charge in [0.05, 0.1) is 11.1 Å². The van der Waals surface area contributed by atoms with E-state index in [9.17, 15) is 14.9 Å². The average molecular weight is 276 g/mol. The summed E-state index contributed by atoms with van der Waals surface area (Å²) in [6.45, 7) is 0.